The third-order valence-corrected chi connectivity index (χ3v) is 4.51. The molecule has 3 N–H and O–H groups in total. The van der Waals surface area contributed by atoms with Gasteiger partial charge in [-0.1, -0.05) is 24.6 Å². The van der Waals surface area contributed by atoms with Gasteiger partial charge >= 0.3 is 5.97 Å². The first kappa shape index (κ1) is 13.1. The molecule has 1 saturated carbocycles. The molecule has 2 atom stereocenters. The fourth-order valence-electron chi connectivity index (χ4n) is 3.27. The lowest BCUT2D eigenvalue weighted by Crippen LogP contribution is -2.51. The SMILES string of the molecule is NC1(C(=O)O)CCCC1CCn1ncc2ccccc21. The van der Waals surface area contributed by atoms with Crippen molar-refractivity contribution in [1.29, 1.82) is 0 Å². The second-order valence-electron chi connectivity index (χ2n) is 5.65. The summed E-state index contributed by atoms with van der Waals surface area (Å²) >= 11 is 0. The molecule has 1 heterocycles. The summed E-state index contributed by atoms with van der Waals surface area (Å²) in [5.41, 5.74) is 6.10. The summed E-state index contributed by atoms with van der Waals surface area (Å²) in [7, 11) is 0. The highest BCUT2D eigenvalue weighted by Crippen LogP contribution is 2.36. The molecule has 1 aromatic heterocycles. The van der Waals surface area contributed by atoms with E-state index in [1.165, 1.54) is 0 Å². The standard InChI is InChI=1S/C15H19N3O2/c16-15(14(19)20)8-3-5-12(15)7-9-18-13-6-2-1-4-11(13)10-17-18/h1-2,4,6,10,12H,3,5,7-9,16H2,(H,19,20). The zero-order valence-electron chi connectivity index (χ0n) is 11.3. The van der Waals surface area contributed by atoms with Gasteiger partial charge in [-0.05, 0) is 31.2 Å². The molecule has 5 nitrogen and oxygen atoms in total. The van der Waals surface area contributed by atoms with E-state index in [0.717, 1.165) is 30.2 Å². The third-order valence-electron chi connectivity index (χ3n) is 4.51. The summed E-state index contributed by atoms with van der Waals surface area (Å²) in [4.78, 5) is 11.4. The van der Waals surface area contributed by atoms with Crippen LogP contribution in [0.5, 0.6) is 0 Å². The van der Waals surface area contributed by atoms with Crippen LogP contribution >= 0.6 is 0 Å². The maximum absolute atomic E-state index is 11.4. The number of benzene rings is 1. The van der Waals surface area contributed by atoms with E-state index in [1.54, 1.807) is 0 Å². The molecule has 0 saturated heterocycles. The van der Waals surface area contributed by atoms with Gasteiger partial charge in [-0.25, -0.2) is 0 Å². The Morgan fingerprint density at radius 3 is 3.10 bits per heavy atom. The minimum absolute atomic E-state index is 0.0305. The predicted octanol–water partition coefficient (Wildman–Crippen LogP) is 2.01. The number of aromatic nitrogens is 2. The van der Waals surface area contributed by atoms with Crippen molar-refractivity contribution >= 4 is 16.9 Å². The van der Waals surface area contributed by atoms with Gasteiger partial charge in [0.25, 0.3) is 0 Å². The number of aryl methyl sites for hydroxylation is 1. The predicted molar refractivity (Wildman–Crippen MR) is 76.2 cm³/mol. The molecule has 0 amide bonds. The van der Waals surface area contributed by atoms with Crippen LogP contribution in [0.1, 0.15) is 25.7 Å². The van der Waals surface area contributed by atoms with Crippen LogP contribution in [0, 0.1) is 5.92 Å². The van der Waals surface area contributed by atoms with Crippen LogP contribution in [0.25, 0.3) is 10.9 Å². The zero-order valence-corrected chi connectivity index (χ0v) is 11.3. The Morgan fingerprint density at radius 2 is 2.30 bits per heavy atom. The number of aliphatic carboxylic acids is 1. The molecule has 1 aliphatic rings. The lowest BCUT2D eigenvalue weighted by molar-refractivity contribution is -0.144. The largest absolute Gasteiger partial charge is 0.480 e. The van der Waals surface area contributed by atoms with Gasteiger partial charge in [0, 0.05) is 11.9 Å². The number of nitrogens with zero attached hydrogens (tertiary/aromatic N) is 2. The molecular formula is C15H19N3O2. The summed E-state index contributed by atoms with van der Waals surface area (Å²) in [6, 6.07) is 8.03. The molecule has 0 bridgehead atoms. The number of fused-ring (bicyclic) bond motifs is 1. The Kier molecular flexibility index (Phi) is 3.22. The molecule has 1 fully saturated rings. The maximum Gasteiger partial charge on any atom is 0.323 e. The highest BCUT2D eigenvalue weighted by Gasteiger charge is 2.45. The second-order valence-corrected chi connectivity index (χ2v) is 5.65. The Bertz CT molecular complexity index is 637. The van der Waals surface area contributed by atoms with Gasteiger partial charge in [0.1, 0.15) is 5.54 Å². The average Bonchev–Trinajstić information content (AvgIpc) is 3.01. The summed E-state index contributed by atoms with van der Waals surface area (Å²) in [5, 5.41) is 14.8. The zero-order chi connectivity index (χ0) is 14.2. The summed E-state index contributed by atoms with van der Waals surface area (Å²) in [6.45, 7) is 0.713. The van der Waals surface area contributed by atoms with E-state index in [-0.39, 0.29) is 5.92 Å². The third kappa shape index (κ3) is 2.08. The molecule has 0 radical (unpaired) electrons. The van der Waals surface area contributed by atoms with E-state index in [2.05, 4.69) is 5.10 Å². The van der Waals surface area contributed by atoms with E-state index in [4.69, 9.17) is 5.73 Å². The summed E-state index contributed by atoms with van der Waals surface area (Å²) < 4.78 is 1.94. The molecule has 2 aromatic rings. The number of carbonyl (C=O) groups is 1. The Morgan fingerprint density at radius 1 is 1.50 bits per heavy atom. The van der Waals surface area contributed by atoms with Crippen molar-refractivity contribution in [1.82, 2.24) is 9.78 Å². The molecule has 0 spiro atoms. The number of nitrogens with two attached hydrogens (primary N) is 1. The highest BCUT2D eigenvalue weighted by atomic mass is 16.4. The number of rotatable bonds is 4. The average molecular weight is 273 g/mol. The highest BCUT2D eigenvalue weighted by molar-refractivity contribution is 5.79. The minimum Gasteiger partial charge on any atom is -0.480 e. The van der Waals surface area contributed by atoms with E-state index in [9.17, 15) is 9.90 Å². The van der Waals surface area contributed by atoms with Crippen molar-refractivity contribution in [2.75, 3.05) is 0 Å². The quantitative estimate of drug-likeness (QED) is 0.892. The van der Waals surface area contributed by atoms with Gasteiger partial charge in [0.2, 0.25) is 0 Å². The molecule has 2 unspecified atom stereocenters. The molecule has 1 aromatic carbocycles. The van der Waals surface area contributed by atoms with Crippen molar-refractivity contribution in [3.63, 3.8) is 0 Å². The fraction of sp³-hybridized carbons (Fsp3) is 0.467. The smallest absolute Gasteiger partial charge is 0.323 e. The van der Waals surface area contributed by atoms with Crippen molar-refractivity contribution in [2.45, 2.75) is 37.8 Å². The topological polar surface area (TPSA) is 81.1 Å². The van der Waals surface area contributed by atoms with Crippen molar-refractivity contribution in [3.05, 3.63) is 30.5 Å². The van der Waals surface area contributed by atoms with Crippen molar-refractivity contribution < 1.29 is 9.90 Å². The van der Waals surface area contributed by atoms with Gasteiger partial charge < -0.3 is 10.8 Å². The van der Waals surface area contributed by atoms with Gasteiger partial charge in [0.05, 0.1) is 11.7 Å². The lowest BCUT2D eigenvalue weighted by Gasteiger charge is -2.26. The van der Waals surface area contributed by atoms with Crippen LogP contribution in [-0.4, -0.2) is 26.4 Å². The molecule has 0 aliphatic heterocycles. The van der Waals surface area contributed by atoms with Crippen LogP contribution in [0.4, 0.5) is 0 Å². The molecule has 5 heteroatoms. The monoisotopic (exact) mass is 273 g/mol. The van der Waals surface area contributed by atoms with Crippen LogP contribution in [0.2, 0.25) is 0 Å². The number of carboxylic acids is 1. The van der Waals surface area contributed by atoms with Crippen LogP contribution in [-0.2, 0) is 11.3 Å². The van der Waals surface area contributed by atoms with Crippen molar-refractivity contribution in [2.24, 2.45) is 11.7 Å². The summed E-state index contributed by atoms with van der Waals surface area (Å²) in [5.74, 6) is -0.840. The van der Waals surface area contributed by atoms with E-state index in [0.29, 0.717) is 13.0 Å². The number of para-hydroxylation sites is 1. The Hall–Kier alpha value is -1.88. The molecule has 3 rings (SSSR count). The van der Waals surface area contributed by atoms with E-state index in [1.807, 2.05) is 35.1 Å². The number of carboxylic acid groups (broad SMARTS) is 1. The van der Waals surface area contributed by atoms with Gasteiger partial charge in [-0.3, -0.25) is 9.48 Å². The molecule has 106 valence electrons. The molecular weight excluding hydrogens is 254 g/mol. The van der Waals surface area contributed by atoms with E-state index >= 15 is 0 Å². The minimum atomic E-state index is -1.05. The number of hydrogen-bond donors (Lipinski definition) is 2. The molecule has 1 aliphatic carbocycles. The molecule has 20 heavy (non-hydrogen) atoms. The Balaban J connectivity index is 1.75. The fourth-order valence-corrected chi connectivity index (χ4v) is 3.27. The second kappa shape index (κ2) is 4.90. The lowest BCUT2D eigenvalue weighted by atomic mass is 9.86. The first-order valence-electron chi connectivity index (χ1n) is 7.04. The van der Waals surface area contributed by atoms with Crippen molar-refractivity contribution in [3.8, 4) is 0 Å². The van der Waals surface area contributed by atoms with Gasteiger partial charge in [-0.2, -0.15) is 5.10 Å². The first-order chi connectivity index (χ1) is 9.61. The van der Waals surface area contributed by atoms with Crippen LogP contribution in [0.15, 0.2) is 30.5 Å². The maximum atomic E-state index is 11.4. The normalized spacial score (nSPS) is 26.1. The van der Waals surface area contributed by atoms with Gasteiger partial charge in [-0.15, -0.1) is 0 Å². The number of hydrogen-bond acceptors (Lipinski definition) is 3. The van der Waals surface area contributed by atoms with Gasteiger partial charge in [0.15, 0.2) is 0 Å². The Labute approximate surface area is 117 Å². The van der Waals surface area contributed by atoms with Crippen LogP contribution < -0.4 is 5.73 Å². The first-order valence-corrected chi connectivity index (χ1v) is 7.04. The summed E-state index contributed by atoms with van der Waals surface area (Å²) in [6.07, 6.45) is 4.97. The van der Waals surface area contributed by atoms with Crippen LogP contribution in [0.3, 0.4) is 0 Å². The van der Waals surface area contributed by atoms with E-state index < -0.39 is 11.5 Å².